The summed E-state index contributed by atoms with van der Waals surface area (Å²) in [5.41, 5.74) is 4.06. The van der Waals surface area contributed by atoms with Gasteiger partial charge in [0.2, 0.25) is 11.7 Å². The number of allylic oxidation sites excluding steroid dienone is 1. The zero-order valence-corrected chi connectivity index (χ0v) is 40.0. The number of aliphatic hydroxyl groups is 2. The van der Waals surface area contributed by atoms with Crippen LogP contribution in [0.1, 0.15) is 80.9 Å². The summed E-state index contributed by atoms with van der Waals surface area (Å²) in [6.45, 7) is 7.38. The van der Waals surface area contributed by atoms with Gasteiger partial charge in [-0.15, -0.1) is 18.3 Å². The van der Waals surface area contributed by atoms with E-state index in [9.17, 15) is 20.3 Å². The molecular formula is C54H65N3O10S. The third-order valence-corrected chi connectivity index (χ3v) is 14.2. The Kier molecular flexibility index (Phi) is 18.1. The zero-order chi connectivity index (χ0) is 47.9. The van der Waals surface area contributed by atoms with Crippen molar-refractivity contribution in [3.8, 4) is 17.2 Å². The smallest absolute Gasteiger partial charge is 0.269 e. The van der Waals surface area contributed by atoms with Crippen LogP contribution in [0.4, 0.5) is 5.69 Å². The molecular weight excluding hydrogens is 883 g/mol. The van der Waals surface area contributed by atoms with Crippen molar-refractivity contribution in [2.45, 2.75) is 94.0 Å². The number of hydrogen-bond donors (Lipinski definition) is 2. The van der Waals surface area contributed by atoms with Crippen LogP contribution in [0.2, 0.25) is 0 Å². The molecule has 1 saturated carbocycles. The predicted molar refractivity (Wildman–Crippen MR) is 264 cm³/mol. The maximum atomic E-state index is 15.0. The average Bonchev–Trinajstić information content (AvgIpc) is 3.35. The number of nitro benzene ring substituents is 1. The van der Waals surface area contributed by atoms with Crippen LogP contribution < -0.4 is 14.2 Å². The first-order chi connectivity index (χ1) is 33.2. The molecule has 0 spiro atoms. The zero-order valence-electron chi connectivity index (χ0n) is 39.2. The van der Waals surface area contributed by atoms with Gasteiger partial charge in [-0.05, 0) is 115 Å². The van der Waals surface area contributed by atoms with Crippen LogP contribution in [0.15, 0.2) is 131 Å². The molecule has 2 aliphatic carbocycles. The number of amides is 1. The van der Waals surface area contributed by atoms with Crippen LogP contribution in [-0.2, 0) is 27.4 Å². The van der Waals surface area contributed by atoms with Crippen LogP contribution in [0, 0.1) is 27.9 Å². The number of oxime groups is 1. The Morgan fingerprint density at radius 2 is 1.75 bits per heavy atom. The van der Waals surface area contributed by atoms with Gasteiger partial charge in [0, 0.05) is 60.4 Å². The van der Waals surface area contributed by atoms with E-state index in [2.05, 4.69) is 30.9 Å². The number of aliphatic hydroxyl groups excluding tert-OH is 2. The number of nitrogens with zero attached hydrogens (tertiary/aromatic N) is 3. The van der Waals surface area contributed by atoms with Crippen LogP contribution in [-0.4, -0.2) is 89.3 Å². The second kappa shape index (κ2) is 24.6. The van der Waals surface area contributed by atoms with Crippen molar-refractivity contribution in [2.75, 3.05) is 45.8 Å². The maximum Gasteiger partial charge on any atom is 0.269 e. The molecule has 3 aliphatic rings. The Labute approximate surface area is 404 Å². The van der Waals surface area contributed by atoms with E-state index >= 15 is 4.79 Å². The summed E-state index contributed by atoms with van der Waals surface area (Å²) in [7, 11) is 1.61. The fourth-order valence-electron chi connectivity index (χ4n) is 10.2. The van der Waals surface area contributed by atoms with Gasteiger partial charge in [-0.2, -0.15) is 0 Å². The molecule has 362 valence electrons. The summed E-state index contributed by atoms with van der Waals surface area (Å²) in [6, 6.07) is 29.4. The maximum absolute atomic E-state index is 15.0. The Morgan fingerprint density at radius 1 is 0.971 bits per heavy atom. The topological polar surface area (TPSA) is 162 Å². The summed E-state index contributed by atoms with van der Waals surface area (Å²) < 4.78 is 26.6. The first-order valence-electron chi connectivity index (χ1n) is 23.9. The Hall–Kier alpha value is -5.67. The first kappa shape index (κ1) is 50.2. The lowest BCUT2D eigenvalue weighted by Gasteiger charge is -2.60. The minimum absolute atomic E-state index is 0.0166. The van der Waals surface area contributed by atoms with Crippen molar-refractivity contribution < 1.29 is 43.7 Å². The SMILES string of the molecule is C=CCO[C@@]12Oc3ccc(OCCSc4ccccc4)cc3[C@H]3[C@H](CCCCO)[C@@H](CCCCO)C=C(C(=NOCc4ccc([N+](=O)[O-])cc4)C[C@@H]1N(CCC)C(=O)Cc1cccc(OC)c1)[C@H]32. The fraction of sp³-hybridized carbons (Fsp3) is 0.444. The molecule has 1 amide bonds. The van der Waals surface area contributed by atoms with Crippen LogP contribution >= 0.6 is 11.8 Å². The molecule has 4 aromatic rings. The van der Waals surface area contributed by atoms with Crippen LogP contribution in [0.3, 0.4) is 0 Å². The fourth-order valence-corrected chi connectivity index (χ4v) is 11.0. The number of carbonyl (C=O) groups is 1. The van der Waals surface area contributed by atoms with Gasteiger partial charge in [0.25, 0.3) is 5.69 Å². The third-order valence-electron chi connectivity index (χ3n) is 13.2. The third kappa shape index (κ3) is 11.9. The first-order valence-corrected chi connectivity index (χ1v) is 24.9. The molecule has 14 heteroatoms. The van der Waals surface area contributed by atoms with Crippen molar-refractivity contribution in [1.29, 1.82) is 0 Å². The summed E-state index contributed by atoms with van der Waals surface area (Å²) in [5, 5.41) is 36.4. The summed E-state index contributed by atoms with van der Waals surface area (Å²) in [5.74, 6) is 0.649. The number of rotatable bonds is 26. The molecule has 1 fully saturated rings. The molecule has 13 nitrogen and oxygen atoms in total. The molecule has 0 radical (unpaired) electrons. The van der Waals surface area contributed by atoms with E-state index in [1.54, 1.807) is 37.1 Å². The molecule has 7 rings (SSSR count). The number of fused-ring (bicyclic) bond motifs is 2. The molecule has 4 aromatic carbocycles. The number of hydrogen-bond acceptors (Lipinski definition) is 12. The minimum Gasteiger partial charge on any atom is -0.497 e. The number of unbranched alkanes of at least 4 members (excludes halogenated alkanes) is 2. The number of methoxy groups -OCH3 is 1. The lowest BCUT2D eigenvalue weighted by molar-refractivity contribution is -0.384. The number of carbonyl (C=O) groups excluding carboxylic acids is 1. The summed E-state index contributed by atoms with van der Waals surface area (Å²) >= 11 is 1.73. The van der Waals surface area contributed by atoms with E-state index in [1.165, 1.54) is 17.0 Å². The van der Waals surface area contributed by atoms with Gasteiger partial charge in [-0.3, -0.25) is 14.9 Å². The van der Waals surface area contributed by atoms with E-state index in [-0.39, 0.29) is 68.6 Å². The minimum atomic E-state index is -1.41. The second-order valence-corrected chi connectivity index (χ2v) is 18.8. The van der Waals surface area contributed by atoms with Gasteiger partial charge in [0.15, 0.2) is 0 Å². The highest BCUT2D eigenvalue weighted by atomic mass is 32.2. The molecule has 6 atom stereocenters. The van der Waals surface area contributed by atoms with Gasteiger partial charge in [0.1, 0.15) is 29.9 Å². The number of ether oxygens (including phenoxy) is 4. The highest BCUT2D eigenvalue weighted by Gasteiger charge is 2.65. The normalized spacial score (nSPS) is 22.0. The van der Waals surface area contributed by atoms with Crippen molar-refractivity contribution in [1.82, 2.24) is 4.90 Å². The number of benzene rings is 4. The Bertz CT molecular complexity index is 2360. The highest BCUT2D eigenvalue weighted by Crippen LogP contribution is 2.62. The largest absolute Gasteiger partial charge is 0.497 e. The lowest BCUT2D eigenvalue weighted by Crippen LogP contribution is -2.70. The number of nitro groups is 1. The molecule has 1 aliphatic heterocycles. The van der Waals surface area contributed by atoms with Gasteiger partial charge in [0.05, 0.1) is 43.3 Å². The molecule has 68 heavy (non-hydrogen) atoms. The van der Waals surface area contributed by atoms with Crippen molar-refractivity contribution in [3.05, 3.63) is 148 Å². The summed E-state index contributed by atoms with van der Waals surface area (Å²) in [6.07, 6.45) is 9.54. The second-order valence-electron chi connectivity index (χ2n) is 17.6. The van der Waals surface area contributed by atoms with Gasteiger partial charge in [-0.1, -0.05) is 67.4 Å². The lowest BCUT2D eigenvalue weighted by atomic mass is 9.55. The van der Waals surface area contributed by atoms with E-state index in [0.29, 0.717) is 55.2 Å². The van der Waals surface area contributed by atoms with E-state index < -0.39 is 22.7 Å². The van der Waals surface area contributed by atoms with Gasteiger partial charge >= 0.3 is 0 Å². The number of non-ortho nitro benzene ring substituents is 1. The Balaban J connectivity index is 1.37. The van der Waals surface area contributed by atoms with Crippen molar-refractivity contribution in [2.24, 2.45) is 22.9 Å². The predicted octanol–water partition coefficient (Wildman–Crippen LogP) is 10.1. The summed E-state index contributed by atoms with van der Waals surface area (Å²) in [4.78, 5) is 35.3. The van der Waals surface area contributed by atoms with Gasteiger partial charge < -0.3 is 38.9 Å². The number of thioether (sulfide) groups is 1. The van der Waals surface area contributed by atoms with E-state index in [0.717, 1.165) is 53.9 Å². The van der Waals surface area contributed by atoms with Crippen molar-refractivity contribution >= 4 is 29.1 Å². The highest BCUT2D eigenvalue weighted by molar-refractivity contribution is 7.99. The molecule has 0 unspecified atom stereocenters. The molecule has 1 heterocycles. The molecule has 0 bridgehead atoms. The monoisotopic (exact) mass is 947 g/mol. The van der Waals surface area contributed by atoms with Crippen LogP contribution in [0.25, 0.3) is 0 Å². The molecule has 2 N–H and O–H groups in total. The standard InChI is InChI=1S/C54H65N3O10S/c1-4-26-56(51(60)33-39-14-13-16-42(32-39)63-3)50-36-48(55-66-37-38-20-22-41(23-21-38)57(61)62)46-34-40(15-9-11-27-58)45(19-10-12-28-59)52-47-35-43(64-30-31-68-44-17-7-6-8-18-44)24-25-49(47)67-54(50,53(46)52)65-29-5-2/h5-8,13-14,16-18,20-25,32,34-35,40,45,50,52-53,58-59H,2,4,9-12,15,19,26-31,33,36-37H2,1,3H3/t40-,45+,50-,52+,53+,54+/m0/s1. The Morgan fingerprint density at radius 3 is 2.47 bits per heavy atom. The average molecular weight is 948 g/mol. The van der Waals surface area contributed by atoms with Gasteiger partial charge in [-0.25, -0.2) is 0 Å². The molecule has 0 saturated heterocycles. The van der Waals surface area contributed by atoms with E-state index in [4.69, 9.17) is 28.9 Å². The van der Waals surface area contributed by atoms with Crippen molar-refractivity contribution in [3.63, 3.8) is 0 Å². The van der Waals surface area contributed by atoms with Crippen LogP contribution in [0.5, 0.6) is 17.2 Å². The quantitative estimate of drug-likeness (QED) is 0.0203. The van der Waals surface area contributed by atoms with E-state index in [1.807, 2.05) is 66.4 Å². The molecule has 0 aromatic heterocycles.